The summed E-state index contributed by atoms with van der Waals surface area (Å²) in [7, 11) is 1.57. The monoisotopic (exact) mass is 557 g/mol. The Kier molecular flexibility index (Phi) is 7.19. The molecule has 3 nitrogen and oxygen atoms in total. The van der Waals surface area contributed by atoms with Gasteiger partial charge in [0.2, 0.25) is 5.91 Å². The number of Topliss-reactive ketones (excluding diaryl/α,β-unsaturated/α-hetero) is 1. The van der Waals surface area contributed by atoms with Crippen molar-refractivity contribution in [3.05, 3.63) is 98.2 Å². The number of hydrogen-bond donors (Lipinski definition) is 0. The summed E-state index contributed by atoms with van der Waals surface area (Å²) in [5, 5.41) is 1.08. The third-order valence-corrected chi connectivity index (χ3v) is 7.52. The predicted molar refractivity (Wildman–Crippen MR) is 136 cm³/mol. The van der Waals surface area contributed by atoms with Crippen molar-refractivity contribution in [2.24, 2.45) is 5.92 Å². The van der Waals surface area contributed by atoms with Crippen molar-refractivity contribution in [1.29, 1.82) is 0 Å². The van der Waals surface area contributed by atoms with Gasteiger partial charge >= 0.3 is 0 Å². The fourth-order valence-corrected chi connectivity index (χ4v) is 5.54. The summed E-state index contributed by atoms with van der Waals surface area (Å²) in [6.07, 6.45) is 0.0355. The second-order valence-corrected chi connectivity index (χ2v) is 10.8. The third-order valence-electron chi connectivity index (χ3n) is 5.81. The molecule has 0 bridgehead atoms. The Morgan fingerprint density at radius 1 is 0.941 bits per heavy atom. The minimum atomic E-state index is -1.33. The van der Waals surface area contributed by atoms with E-state index in [4.69, 9.17) is 58.0 Å². The zero-order valence-corrected chi connectivity index (χ0v) is 21.4. The van der Waals surface area contributed by atoms with Crippen molar-refractivity contribution in [3.8, 4) is 0 Å². The van der Waals surface area contributed by atoms with E-state index in [1.165, 1.54) is 29.2 Å². The summed E-state index contributed by atoms with van der Waals surface area (Å²) >= 11 is 31.4. The van der Waals surface area contributed by atoms with Crippen LogP contribution < -0.4 is 4.90 Å². The van der Waals surface area contributed by atoms with Crippen LogP contribution in [0, 0.1) is 11.7 Å². The third kappa shape index (κ3) is 5.07. The molecular weight excluding hydrogens is 543 g/mol. The number of carbonyl (C=O) groups excluding carboxylic acids is 2. The van der Waals surface area contributed by atoms with E-state index >= 15 is 0 Å². The predicted octanol–water partition coefficient (Wildman–Crippen LogP) is 7.76. The van der Waals surface area contributed by atoms with Crippen molar-refractivity contribution in [2.45, 2.75) is 16.7 Å². The lowest BCUT2D eigenvalue weighted by atomic mass is 10.0. The van der Waals surface area contributed by atoms with Gasteiger partial charge in [-0.15, -0.1) is 23.2 Å². The normalized spacial score (nSPS) is 18.4. The van der Waals surface area contributed by atoms with Gasteiger partial charge in [-0.05, 0) is 59.7 Å². The lowest BCUT2D eigenvalue weighted by molar-refractivity contribution is -0.119. The van der Waals surface area contributed by atoms with Crippen LogP contribution in [0.4, 0.5) is 10.1 Å². The molecule has 1 fully saturated rings. The van der Waals surface area contributed by atoms with Gasteiger partial charge in [-0.3, -0.25) is 9.59 Å². The van der Waals surface area contributed by atoms with Crippen LogP contribution >= 0.6 is 58.0 Å². The fraction of sp³-hybridized carbons (Fsp3) is 0.200. The van der Waals surface area contributed by atoms with Crippen molar-refractivity contribution >= 4 is 75.4 Å². The van der Waals surface area contributed by atoms with E-state index in [0.29, 0.717) is 26.9 Å². The lowest BCUT2D eigenvalue weighted by Gasteiger charge is -2.19. The summed E-state index contributed by atoms with van der Waals surface area (Å²) in [6, 6.07) is 15.3. The SMILES string of the molecule is CN(C(=O)C1C(c2cc(Cl)cc(Cl)c2)C1(Cl)Cl)c1ccc(Cl)c(C(=O)Cc2ccc(F)cc2)c1. The van der Waals surface area contributed by atoms with Crippen molar-refractivity contribution in [1.82, 2.24) is 0 Å². The highest BCUT2D eigenvalue weighted by Crippen LogP contribution is 2.65. The van der Waals surface area contributed by atoms with E-state index in [2.05, 4.69) is 0 Å². The molecule has 0 aliphatic heterocycles. The Bertz CT molecular complexity index is 1260. The molecule has 0 aromatic heterocycles. The maximum absolute atomic E-state index is 13.3. The Labute approximate surface area is 221 Å². The lowest BCUT2D eigenvalue weighted by Crippen LogP contribution is -2.29. The van der Waals surface area contributed by atoms with Crippen LogP contribution in [0.3, 0.4) is 0 Å². The number of halogens is 6. The van der Waals surface area contributed by atoms with Gasteiger partial charge < -0.3 is 4.90 Å². The maximum Gasteiger partial charge on any atom is 0.233 e. The summed E-state index contributed by atoms with van der Waals surface area (Å²) in [4.78, 5) is 27.6. The molecule has 9 heteroatoms. The Hall–Kier alpha value is -1.82. The molecule has 34 heavy (non-hydrogen) atoms. The molecule has 1 saturated carbocycles. The first-order valence-corrected chi connectivity index (χ1v) is 12.1. The van der Waals surface area contributed by atoms with Gasteiger partial charge in [-0.1, -0.05) is 46.9 Å². The van der Waals surface area contributed by atoms with E-state index in [1.807, 2.05) is 0 Å². The van der Waals surface area contributed by atoms with Gasteiger partial charge in [0.05, 0.1) is 10.9 Å². The summed E-state index contributed by atoms with van der Waals surface area (Å²) in [5.74, 6) is -2.20. The number of rotatable bonds is 6. The molecule has 0 saturated heterocycles. The van der Waals surface area contributed by atoms with Crippen LogP contribution in [-0.4, -0.2) is 23.1 Å². The molecule has 176 valence electrons. The standard InChI is InChI=1S/C25H17Cl5FNO2/c1-32(24(34)23-22(25(23,29)30)14-9-15(26)11-16(27)10-14)18-6-7-20(28)19(12-18)21(33)8-13-2-4-17(31)5-3-13/h2-7,9-12,22-23H,8H2,1H3. The smallest absolute Gasteiger partial charge is 0.233 e. The van der Waals surface area contributed by atoms with Crippen LogP contribution in [-0.2, 0) is 11.2 Å². The summed E-state index contributed by atoms with van der Waals surface area (Å²) in [5.41, 5.74) is 2.02. The Morgan fingerprint density at radius 2 is 1.56 bits per heavy atom. The van der Waals surface area contributed by atoms with Crippen LogP contribution in [0.5, 0.6) is 0 Å². The molecule has 3 aromatic carbocycles. The van der Waals surface area contributed by atoms with Crippen LogP contribution in [0.15, 0.2) is 60.7 Å². The van der Waals surface area contributed by atoms with E-state index in [0.717, 1.165) is 0 Å². The van der Waals surface area contributed by atoms with Crippen molar-refractivity contribution in [2.75, 3.05) is 11.9 Å². The minimum absolute atomic E-state index is 0.0355. The fourth-order valence-electron chi connectivity index (χ4n) is 3.96. The first-order chi connectivity index (χ1) is 16.0. The summed E-state index contributed by atoms with van der Waals surface area (Å²) in [6.45, 7) is 0. The Balaban J connectivity index is 1.56. The second kappa shape index (κ2) is 9.67. The van der Waals surface area contributed by atoms with Crippen molar-refractivity contribution in [3.63, 3.8) is 0 Å². The highest BCUT2D eigenvalue weighted by atomic mass is 35.5. The van der Waals surface area contributed by atoms with E-state index < -0.39 is 16.2 Å². The molecule has 1 aliphatic carbocycles. The van der Waals surface area contributed by atoms with Crippen LogP contribution in [0.25, 0.3) is 0 Å². The summed E-state index contributed by atoms with van der Waals surface area (Å²) < 4.78 is 11.8. The van der Waals surface area contributed by atoms with Gasteiger partial charge in [0.1, 0.15) is 10.2 Å². The van der Waals surface area contributed by atoms with Gasteiger partial charge in [0, 0.05) is 40.7 Å². The minimum Gasteiger partial charge on any atom is -0.315 e. The topological polar surface area (TPSA) is 37.4 Å². The highest BCUT2D eigenvalue weighted by Gasteiger charge is 2.68. The average Bonchev–Trinajstić information content (AvgIpc) is 3.35. The molecule has 1 amide bonds. The largest absolute Gasteiger partial charge is 0.315 e. The molecule has 0 heterocycles. The number of carbonyl (C=O) groups is 2. The molecule has 2 atom stereocenters. The second-order valence-electron chi connectivity index (χ2n) is 8.12. The Morgan fingerprint density at radius 3 is 2.18 bits per heavy atom. The number of nitrogens with zero attached hydrogens (tertiary/aromatic N) is 1. The zero-order valence-electron chi connectivity index (χ0n) is 17.7. The van der Waals surface area contributed by atoms with Gasteiger partial charge in [0.15, 0.2) is 5.78 Å². The van der Waals surface area contributed by atoms with E-state index in [-0.39, 0.29) is 34.5 Å². The molecule has 0 spiro atoms. The average molecular weight is 560 g/mol. The molecule has 0 N–H and O–H groups in total. The van der Waals surface area contributed by atoms with Crippen LogP contribution in [0.1, 0.15) is 27.4 Å². The maximum atomic E-state index is 13.3. The first kappa shape index (κ1) is 25.3. The molecular formula is C25H17Cl5FNO2. The molecule has 0 radical (unpaired) electrons. The number of alkyl halides is 2. The molecule has 1 aliphatic rings. The quantitative estimate of drug-likeness (QED) is 0.229. The molecule has 3 aromatic rings. The number of hydrogen-bond acceptors (Lipinski definition) is 2. The number of ketones is 1. The molecule has 4 rings (SSSR count). The number of amides is 1. The number of benzene rings is 3. The first-order valence-electron chi connectivity index (χ1n) is 10.2. The van der Waals surface area contributed by atoms with Gasteiger partial charge in [0.25, 0.3) is 0 Å². The highest BCUT2D eigenvalue weighted by molar-refractivity contribution is 6.53. The van der Waals surface area contributed by atoms with Gasteiger partial charge in [-0.25, -0.2) is 4.39 Å². The van der Waals surface area contributed by atoms with Gasteiger partial charge in [-0.2, -0.15) is 0 Å². The number of anilines is 1. The van der Waals surface area contributed by atoms with E-state index in [1.54, 1.807) is 43.4 Å². The zero-order chi connectivity index (χ0) is 24.8. The van der Waals surface area contributed by atoms with Crippen molar-refractivity contribution < 1.29 is 14.0 Å². The van der Waals surface area contributed by atoms with E-state index in [9.17, 15) is 14.0 Å². The molecule has 2 unspecified atom stereocenters. The van der Waals surface area contributed by atoms with Crippen LogP contribution in [0.2, 0.25) is 15.1 Å².